The summed E-state index contributed by atoms with van der Waals surface area (Å²) < 4.78 is 22.5. The van der Waals surface area contributed by atoms with E-state index in [9.17, 15) is 30.0 Å². The molecule has 0 bridgehead atoms. The van der Waals surface area contributed by atoms with Crippen LogP contribution in [0, 0.1) is 0 Å². The number of rotatable bonds is 6. The number of nitrogens with two attached hydrogens (primary N) is 1. The minimum absolute atomic E-state index is 0.0126. The van der Waals surface area contributed by atoms with Crippen molar-refractivity contribution in [2.24, 2.45) is 5.73 Å². The van der Waals surface area contributed by atoms with Crippen LogP contribution in [0.5, 0.6) is 17.2 Å². The van der Waals surface area contributed by atoms with E-state index in [-0.39, 0.29) is 71.4 Å². The number of carbonyl (C=O) groups excluding carboxylic acids is 2. The first kappa shape index (κ1) is 27.5. The van der Waals surface area contributed by atoms with E-state index in [1.54, 1.807) is 13.0 Å². The molecule has 1 fully saturated rings. The van der Waals surface area contributed by atoms with Gasteiger partial charge >= 0.3 is 0 Å². The van der Waals surface area contributed by atoms with Crippen LogP contribution in [-0.4, -0.2) is 83.0 Å². The number of carbonyl (C=O) groups is 2. The molecule has 39 heavy (non-hydrogen) atoms. The fourth-order valence-corrected chi connectivity index (χ4v) is 5.95. The lowest BCUT2D eigenvalue weighted by Crippen LogP contribution is -2.52. The summed E-state index contributed by atoms with van der Waals surface area (Å²) in [5.74, 6) is -2.19. The largest absolute Gasteiger partial charge is 0.507 e. The molecule has 1 saturated heterocycles. The van der Waals surface area contributed by atoms with Crippen LogP contribution in [0.4, 0.5) is 0 Å². The number of aromatic hydroxyl groups is 2. The number of aliphatic hydroxyl groups excluding tert-OH is 1. The standard InChI is InChI=1S/C28H33NO10/c1-12-23(30)15(29)9-18(38-12)39-17-11-28(35,7-8-36-2)10-14-20(17)27(34)22-21(25(14)32)24(31)13-5-4-6-16(37-3)19(13)26(22)33/h4-6,12,15,17-18,23,30,32,34-35H,7-11,29H2,1-3H3/t12?,15-,17-,18-,23-,28-/m0/s1. The third-order valence-corrected chi connectivity index (χ3v) is 7.99. The third kappa shape index (κ3) is 4.48. The summed E-state index contributed by atoms with van der Waals surface area (Å²) in [7, 11) is 2.86. The van der Waals surface area contributed by atoms with Gasteiger partial charge in [-0.25, -0.2) is 0 Å². The number of ketones is 2. The molecule has 0 amide bonds. The number of ether oxygens (including phenoxy) is 4. The fraction of sp³-hybridized carbons (Fsp3) is 0.500. The summed E-state index contributed by atoms with van der Waals surface area (Å²) >= 11 is 0. The minimum atomic E-state index is -1.43. The molecule has 1 aliphatic heterocycles. The lowest BCUT2D eigenvalue weighted by atomic mass is 9.72. The van der Waals surface area contributed by atoms with Gasteiger partial charge in [0.15, 0.2) is 12.1 Å². The highest BCUT2D eigenvalue weighted by Gasteiger charge is 2.47. The minimum Gasteiger partial charge on any atom is -0.507 e. The Labute approximate surface area is 225 Å². The number of phenols is 2. The van der Waals surface area contributed by atoms with Crippen LogP contribution in [0.1, 0.15) is 75.3 Å². The Balaban J connectivity index is 1.65. The zero-order valence-corrected chi connectivity index (χ0v) is 22.0. The molecule has 0 aromatic heterocycles. The van der Waals surface area contributed by atoms with E-state index in [4.69, 9.17) is 24.7 Å². The van der Waals surface area contributed by atoms with Crippen LogP contribution < -0.4 is 10.5 Å². The fourth-order valence-electron chi connectivity index (χ4n) is 5.95. The molecule has 2 aromatic rings. The summed E-state index contributed by atoms with van der Waals surface area (Å²) in [4.78, 5) is 27.3. The zero-order chi connectivity index (χ0) is 28.2. The summed E-state index contributed by atoms with van der Waals surface area (Å²) in [6.07, 6.45) is -3.33. The Morgan fingerprint density at radius 3 is 2.49 bits per heavy atom. The molecular formula is C28H33NO10. The normalized spacial score (nSPS) is 29.9. The van der Waals surface area contributed by atoms with Gasteiger partial charge < -0.3 is 45.1 Å². The van der Waals surface area contributed by atoms with Gasteiger partial charge in [-0.3, -0.25) is 9.59 Å². The first-order valence-electron chi connectivity index (χ1n) is 12.8. The van der Waals surface area contributed by atoms with Crippen molar-refractivity contribution in [3.63, 3.8) is 0 Å². The highest BCUT2D eigenvalue weighted by atomic mass is 16.7. The second kappa shape index (κ2) is 10.2. The van der Waals surface area contributed by atoms with Crippen LogP contribution >= 0.6 is 0 Å². The van der Waals surface area contributed by atoms with Crippen molar-refractivity contribution in [2.45, 2.75) is 68.9 Å². The number of hydrogen-bond donors (Lipinski definition) is 5. The smallest absolute Gasteiger partial charge is 0.202 e. The molecule has 11 nitrogen and oxygen atoms in total. The Kier molecular flexibility index (Phi) is 7.17. The number of hydrogen-bond acceptors (Lipinski definition) is 11. The molecule has 11 heteroatoms. The Morgan fingerprint density at radius 1 is 1.10 bits per heavy atom. The van der Waals surface area contributed by atoms with E-state index in [1.807, 2.05) is 0 Å². The van der Waals surface area contributed by atoms with Crippen molar-refractivity contribution in [3.8, 4) is 17.2 Å². The van der Waals surface area contributed by atoms with Gasteiger partial charge in [0.2, 0.25) is 5.78 Å². The average molecular weight is 544 g/mol. The molecule has 6 N–H and O–H groups in total. The highest BCUT2D eigenvalue weighted by molar-refractivity contribution is 6.31. The number of aliphatic hydroxyl groups is 2. The van der Waals surface area contributed by atoms with Crippen LogP contribution in [0.25, 0.3) is 0 Å². The Bertz CT molecular complexity index is 1310. The molecule has 6 atom stereocenters. The second-order valence-corrected chi connectivity index (χ2v) is 10.5. The lowest BCUT2D eigenvalue weighted by Gasteiger charge is -2.43. The van der Waals surface area contributed by atoms with Crippen molar-refractivity contribution in [2.75, 3.05) is 20.8 Å². The van der Waals surface area contributed by atoms with E-state index in [0.29, 0.717) is 0 Å². The predicted octanol–water partition coefficient (Wildman–Crippen LogP) is 1.48. The molecule has 1 heterocycles. The molecular weight excluding hydrogens is 510 g/mol. The average Bonchev–Trinajstić information content (AvgIpc) is 2.90. The molecule has 2 aliphatic carbocycles. The van der Waals surface area contributed by atoms with E-state index in [1.165, 1.54) is 26.4 Å². The zero-order valence-electron chi connectivity index (χ0n) is 22.0. The van der Waals surface area contributed by atoms with Crippen LogP contribution in [-0.2, 0) is 20.6 Å². The van der Waals surface area contributed by atoms with Gasteiger partial charge in [-0.05, 0) is 19.4 Å². The van der Waals surface area contributed by atoms with Crippen LogP contribution in [0.3, 0.4) is 0 Å². The van der Waals surface area contributed by atoms with Gasteiger partial charge in [-0.1, -0.05) is 12.1 Å². The SMILES string of the molecule is COCC[C@]1(O)Cc2c(O)c3c(c(O)c2[C@@H](O[C@H]2C[C@H](N)[C@@H](O)C(C)O2)C1)C(=O)c1c(OC)cccc1C3=O. The van der Waals surface area contributed by atoms with E-state index in [2.05, 4.69) is 0 Å². The monoisotopic (exact) mass is 543 g/mol. The van der Waals surface area contributed by atoms with Crippen LogP contribution in [0.15, 0.2) is 18.2 Å². The molecule has 0 radical (unpaired) electrons. The maximum atomic E-state index is 13.7. The quantitative estimate of drug-likeness (QED) is 0.284. The predicted molar refractivity (Wildman–Crippen MR) is 136 cm³/mol. The molecule has 5 rings (SSSR count). The van der Waals surface area contributed by atoms with E-state index >= 15 is 0 Å². The molecule has 0 saturated carbocycles. The van der Waals surface area contributed by atoms with E-state index < -0.39 is 59.3 Å². The number of phenolic OH excluding ortho intramolecular Hbond substituents is 2. The van der Waals surface area contributed by atoms with Crippen molar-refractivity contribution in [1.82, 2.24) is 0 Å². The maximum absolute atomic E-state index is 13.7. The Morgan fingerprint density at radius 2 is 1.82 bits per heavy atom. The molecule has 2 aromatic carbocycles. The first-order valence-corrected chi connectivity index (χ1v) is 12.8. The topological polar surface area (TPSA) is 178 Å². The third-order valence-electron chi connectivity index (χ3n) is 7.99. The first-order chi connectivity index (χ1) is 18.5. The molecule has 3 aliphatic rings. The summed E-state index contributed by atoms with van der Waals surface area (Å²) in [6.45, 7) is 1.85. The van der Waals surface area contributed by atoms with E-state index in [0.717, 1.165) is 0 Å². The molecule has 1 unspecified atom stereocenters. The van der Waals surface area contributed by atoms with Gasteiger partial charge in [0.05, 0.1) is 47.7 Å². The molecule has 210 valence electrons. The highest BCUT2D eigenvalue weighted by Crippen LogP contribution is 2.52. The van der Waals surface area contributed by atoms with Gasteiger partial charge in [0.1, 0.15) is 17.2 Å². The van der Waals surface area contributed by atoms with Crippen molar-refractivity contribution < 1.29 is 49.0 Å². The number of fused-ring (bicyclic) bond motifs is 3. The van der Waals surface area contributed by atoms with Crippen molar-refractivity contribution in [1.29, 1.82) is 0 Å². The Hall–Kier alpha value is -3.06. The summed E-state index contributed by atoms with van der Waals surface area (Å²) in [5, 5.41) is 44.7. The van der Waals surface area contributed by atoms with Crippen molar-refractivity contribution >= 4 is 11.6 Å². The number of methoxy groups -OCH3 is 2. The number of benzene rings is 2. The van der Waals surface area contributed by atoms with Crippen LogP contribution in [0.2, 0.25) is 0 Å². The summed E-state index contributed by atoms with van der Waals surface area (Å²) in [5.41, 5.74) is 4.16. The molecule has 0 spiro atoms. The van der Waals surface area contributed by atoms with Gasteiger partial charge in [0, 0.05) is 55.7 Å². The maximum Gasteiger partial charge on any atom is 0.202 e. The van der Waals surface area contributed by atoms with Crippen molar-refractivity contribution in [3.05, 3.63) is 51.6 Å². The summed E-state index contributed by atoms with van der Waals surface area (Å²) in [6, 6.07) is 3.91. The van der Waals surface area contributed by atoms with Gasteiger partial charge in [0.25, 0.3) is 0 Å². The van der Waals surface area contributed by atoms with Gasteiger partial charge in [-0.2, -0.15) is 0 Å². The lowest BCUT2D eigenvalue weighted by molar-refractivity contribution is -0.248. The van der Waals surface area contributed by atoms with Gasteiger partial charge in [-0.15, -0.1) is 0 Å². The second-order valence-electron chi connectivity index (χ2n) is 10.5.